The van der Waals surface area contributed by atoms with E-state index in [2.05, 4.69) is 4.98 Å². The second-order valence-electron chi connectivity index (χ2n) is 4.87. The highest BCUT2D eigenvalue weighted by Crippen LogP contribution is 2.35. The zero-order chi connectivity index (χ0) is 11.6. The maximum absolute atomic E-state index is 10.1. The summed E-state index contributed by atoms with van der Waals surface area (Å²) in [5.41, 5.74) is 6.36. The molecule has 0 aliphatic rings. The number of hydrogen-bond acceptors (Lipinski definition) is 4. The topological polar surface area (TPSA) is 59.1 Å². The van der Waals surface area contributed by atoms with Crippen molar-refractivity contribution in [3.8, 4) is 0 Å². The molecule has 86 valence electrons. The number of nitrogens with zero attached hydrogens (tertiary/aromatic N) is 1. The number of nitrogens with two attached hydrogens (primary N) is 1. The van der Waals surface area contributed by atoms with Crippen LogP contribution >= 0.6 is 11.3 Å². The maximum Gasteiger partial charge on any atom is 0.122 e. The third-order valence-corrected chi connectivity index (χ3v) is 3.60. The minimum absolute atomic E-state index is 0.162. The Labute approximate surface area is 95.3 Å². The Bertz CT molecular complexity index is 328. The Morgan fingerprint density at radius 3 is 2.53 bits per heavy atom. The van der Waals surface area contributed by atoms with Crippen molar-refractivity contribution in [3.63, 3.8) is 0 Å². The summed E-state index contributed by atoms with van der Waals surface area (Å²) < 4.78 is 0. The summed E-state index contributed by atoms with van der Waals surface area (Å²) >= 11 is 1.58. The Hall–Kier alpha value is -0.450. The highest BCUT2D eigenvalue weighted by molar-refractivity contribution is 7.11. The summed E-state index contributed by atoms with van der Waals surface area (Å²) in [7, 11) is 0. The van der Waals surface area contributed by atoms with E-state index in [0.717, 1.165) is 17.1 Å². The molecular weight excluding hydrogens is 208 g/mol. The van der Waals surface area contributed by atoms with Crippen molar-refractivity contribution in [1.82, 2.24) is 4.98 Å². The average Bonchev–Trinajstić information content (AvgIpc) is 2.46. The first-order chi connectivity index (χ1) is 6.86. The van der Waals surface area contributed by atoms with Gasteiger partial charge in [-0.3, -0.25) is 0 Å². The van der Waals surface area contributed by atoms with Crippen molar-refractivity contribution in [2.24, 2.45) is 11.1 Å². The SMILES string of the molecule is Cc1nc(C(O)C(C)(C)C)sc1CCN. The summed E-state index contributed by atoms with van der Waals surface area (Å²) in [4.78, 5) is 5.60. The molecule has 0 fully saturated rings. The Morgan fingerprint density at radius 2 is 2.07 bits per heavy atom. The molecule has 0 aliphatic carbocycles. The van der Waals surface area contributed by atoms with Crippen molar-refractivity contribution < 1.29 is 5.11 Å². The van der Waals surface area contributed by atoms with Crippen LogP contribution in [0.5, 0.6) is 0 Å². The lowest BCUT2D eigenvalue weighted by Gasteiger charge is -2.23. The van der Waals surface area contributed by atoms with Crippen LogP contribution in [0.25, 0.3) is 0 Å². The molecule has 0 saturated carbocycles. The summed E-state index contributed by atoms with van der Waals surface area (Å²) in [6.07, 6.45) is 0.355. The fraction of sp³-hybridized carbons (Fsp3) is 0.727. The molecule has 1 heterocycles. The van der Waals surface area contributed by atoms with Gasteiger partial charge in [-0.25, -0.2) is 4.98 Å². The van der Waals surface area contributed by atoms with Gasteiger partial charge in [-0.15, -0.1) is 11.3 Å². The number of rotatable bonds is 3. The van der Waals surface area contributed by atoms with E-state index in [0.29, 0.717) is 6.54 Å². The van der Waals surface area contributed by atoms with Gasteiger partial charge in [-0.1, -0.05) is 20.8 Å². The van der Waals surface area contributed by atoms with Crippen LogP contribution in [0.15, 0.2) is 0 Å². The Kier molecular flexibility index (Phi) is 3.87. The van der Waals surface area contributed by atoms with E-state index in [1.54, 1.807) is 11.3 Å². The number of aliphatic hydroxyl groups excluding tert-OH is 1. The first-order valence-electron chi connectivity index (χ1n) is 5.20. The van der Waals surface area contributed by atoms with E-state index in [1.807, 2.05) is 27.7 Å². The van der Waals surface area contributed by atoms with Crippen LogP contribution in [-0.2, 0) is 6.42 Å². The van der Waals surface area contributed by atoms with Gasteiger partial charge in [0, 0.05) is 4.88 Å². The van der Waals surface area contributed by atoms with Gasteiger partial charge in [0.2, 0.25) is 0 Å². The van der Waals surface area contributed by atoms with Gasteiger partial charge in [0.25, 0.3) is 0 Å². The molecule has 15 heavy (non-hydrogen) atoms. The quantitative estimate of drug-likeness (QED) is 0.832. The predicted molar refractivity (Wildman–Crippen MR) is 64.0 cm³/mol. The van der Waals surface area contributed by atoms with Gasteiger partial charge in [0.1, 0.15) is 11.1 Å². The molecule has 1 rings (SSSR count). The normalized spacial score (nSPS) is 14.3. The number of aromatic nitrogens is 1. The summed E-state index contributed by atoms with van der Waals surface area (Å²) in [6, 6.07) is 0. The highest BCUT2D eigenvalue weighted by Gasteiger charge is 2.27. The van der Waals surface area contributed by atoms with E-state index in [4.69, 9.17) is 5.73 Å². The number of thiazole rings is 1. The lowest BCUT2D eigenvalue weighted by atomic mass is 9.90. The minimum atomic E-state index is -0.493. The molecule has 3 nitrogen and oxygen atoms in total. The molecule has 4 heteroatoms. The molecule has 1 aromatic rings. The molecule has 0 saturated heterocycles. The molecule has 0 radical (unpaired) electrons. The van der Waals surface area contributed by atoms with Crippen LogP contribution in [0.4, 0.5) is 0 Å². The monoisotopic (exact) mass is 228 g/mol. The molecule has 0 aromatic carbocycles. The Balaban J connectivity index is 2.92. The number of aliphatic hydroxyl groups is 1. The molecule has 1 atom stereocenters. The van der Waals surface area contributed by atoms with Crippen LogP contribution in [0.1, 0.15) is 42.5 Å². The predicted octanol–water partition coefficient (Wildman–Crippen LogP) is 2.03. The fourth-order valence-corrected chi connectivity index (χ4v) is 2.61. The summed E-state index contributed by atoms with van der Waals surface area (Å²) in [6.45, 7) is 8.64. The molecular formula is C11H20N2OS. The van der Waals surface area contributed by atoms with Gasteiger partial charge in [0.05, 0.1) is 5.69 Å². The molecule has 3 N–H and O–H groups in total. The van der Waals surface area contributed by atoms with Crippen LogP contribution in [0, 0.1) is 12.3 Å². The van der Waals surface area contributed by atoms with Gasteiger partial charge in [0.15, 0.2) is 0 Å². The third-order valence-electron chi connectivity index (χ3n) is 2.33. The molecule has 0 amide bonds. The minimum Gasteiger partial charge on any atom is -0.385 e. The molecule has 0 aliphatic heterocycles. The summed E-state index contributed by atoms with van der Waals surface area (Å²) in [5.74, 6) is 0. The van der Waals surface area contributed by atoms with Crippen molar-refractivity contribution in [3.05, 3.63) is 15.6 Å². The van der Waals surface area contributed by atoms with Gasteiger partial charge >= 0.3 is 0 Å². The lowest BCUT2D eigenvalue weighted by molar-refractivity contribution is 0.0623. The molecule has 1 aromatic heterocycles. The van der Waals surface area contributed by atoms with Crippen LogP contribution in [0.2, 0.25) is 0 Å². The van der Waals surface area contributed by atoms with Crippen molar-refractivity contribution in [2.75, 3.05) is 6.54 Å². The lowest BCUT2D eigenvalue weighted by Crippen LogP contribution is -2.17. The Morgan fingerprint density at radius 1 is 1.47 bits per heavy atom. The van der Waals surface area contributed by atoms with Crippen LogP contribution in [0.3, 0.4) is 0 Å². The van der Waals surface area contributed by atoms with Gasteiger partial charge in [-0.05, 0) is 25.3 Å². The number of hydrogen-bond donors (Lipinski definition) is 2. The second kappa shape index (κ2) is 4.60. The largest absolute Gasteiger partial charge is 0.385 e. The second-order valence-corrected chi connectivity index (χ2v) is 5.98. The molecule has 1 unspecified atom stereocenters. The summed E-state index contributed by atoms with van der Waals surface area (Å²) in [5, 5.41) is 10.9. The van der Waals surface area contributed by atoms with E-state index in [-0.39, 0.29) is 5.41 Å². The molecule has 0 spiro atoms. The smallest absolute Gasteiger partial charge is 0.122 e. The standard InChI is InChI=1S/C11H20N2OS/c1-7-8(5-6-12)15-10(13-7)9(14)11(2,3)4/h9,14H,5-6,12H2,1-4H3. The fourth-order valence-electron chi connectivity index (χ4n) is 1.30. The average molecular weight is 228 g/mol. The van der Waals surface area contributed by atoms with Gasteiger partial charge in [-0.2, -0.15) is 0 Å². The van der Waals surface area contributed by atoms with Crippen LogP contribution < -0.4 is 5.73 Å². The van der Waals surface area contributed by atoms with Crippen molar-refractivity contribution in [2.45, 2.75) is 40.2 Å². The maximum atomic E-state index is 10.1. The van der Waals surface area contributed by atoms with Gasteiger partial charge < -0.3 is 10.8 Å². The zero-order valence-corrected chi connectivity index (χ0v) is 10.7. The first kappa shape index (κ1) is 12.6. The number of aryl methyl sites for hydroxylation is 1. The van der Waals surface area contributed by atoms with E-state index in [1.165, 1.54) is 4.88 Å². The van der Waals surface area contributed by atoms with Crippen LogP contribution in [-0.4, -0.2) is 16.6 Å². The van der Waals surface area contributed by atoms with Crippen molar-refractivity contribution in [1.29, 1.82) is 0 Å². The third kappa shape index (κ3) is 3.00. The zero-order valence-electron chi connectivity index (χ0n) is 9.87. The van der Waals surface area contributed by atoms with E-state index < -0.39 is 6.10 Å². The first-order valence-corrected chi connectivity index (χ1v) is 6.02. The van der Waals surface area contributed by atoms with E-state index in [9.17, 15) is 5.11 Å². The van der Waals surface area contributed by atoms with Crippen molar-refractivity contribution >= 4 is 11.3 Å². The highest BCUT2D eigenvalue weighted by atomic mass is 32.1. The molecule has 0 bridgehead atoms. The van der Waals surface area contributed by atoms with E-state index >= 15 is 0 Å².